The summed E-state index contributed by atoms with van der Waals surface area (Å²) in [4.78, 5) is 25.0. The first kappa shape index (κ1) is 11.4. The van der Waals surface area contributed by atoms with Crippen LogP contribution in [0.2, 0.25) is 0 Å². The van der Waals surface area contributed by atoms with Crippen molar-refractivity contribution in [2.75, 3.05) is 13.6 Å². The molecule has 5 heteroatoms. The lowest BCUT2D eigenvalue weighted by molar-refractivity contribution is -0.128. The van der Waals surface area contributed by atoms with Crippen molar-refractivity contribution in [3.05, 3.63) is 0 Å². The van der Waals surface area contributed by atoms with Gasteiger partial charge in [0.05, 0.1) is 0 Å². The number of unbranched alkanes of at least 4 members (excludes halogenated alkanes) is 1. The zero-order chi connectivity index (χ0) is 10.9. The number of hydrogen-bond acceptors (Lipinski definition) is 3. The number of urea groups is 1. The first-order chi connectivity index (χ1) is 6.42. The van der Waals surface area contributed by atoms with Crippen molar-refractivity contribution in [3.63, 3.8) is 0 Å². The Morgan fingerprint density at radius 1 is 1.43 bits per heavy atom. The lowest BCUT2D eigenvalue weighted by atomic mass is 10.3. The molecule has 14 heavy (non-hydrogen) atoms. The highest BCUT2D eigenvalue weighted by molar-refractivity contribution is 7.82. The molecule has 0 N–H and O–H groups in total. The first-order valence-corrected chi connectivity index (χ1v) is 5.19. The molecule has 0 bridgehead atoms. The molecule has 1 unspecified atom stereocenters. The number of imide groups is 1. The van der Waals surface area contributed by atoms with E-state index in [2.05, 4.69) is 12.6 Å². The third-order valence-electron chi connectivity index (χ3n) is 2.56. The second kappa shape index (κ2) is 3.81. The predicted molar refractivity (Wildman–Crippen MR) is 57.2 cm³/mol. The minimum atomic E-state index is -0.981. The molecule has 1 atom stereocenters. The molecular formula is C9H16N2O2S. The second-order valence-electron chi connectivity index (χ2n) is 3.67. The SMILES string of the molecule is CCCCN1C(=O)N(C)C(C)(S)C1=O. The molecule has 0 radical (unpaired) electrons. The Balaban J connectivity index is 2.80. The molecule has 0 aliphatic carbocycles. The zero-order valence-corrected chi connectivity index (χ0v) is 9.67. The molecule has 80 valence electrons. The fraction of sp³-hybridized carbons (Fsp3) is 0.778. The quantitative estimate of drug-likeness (QED) is 0.571. The van der Waals surface area contributed by atoms with Crippen LogP contribution in [-0.4, -0.2) is 40.2 Å². The molecule has 0 aromatic carbocycles. The van der Waals surface area contributed by atoms with Gasteiger partial charge >= 0.3 is 6.03 Å². The fourth-order valence-corrected chi connectivity index (χ4v) is 1.57. The zero-order valence-electron chi connectivity index (χ0n) is 8.78. The Kier molecular flexibility index (Phi) is 3.09. The van der Waals surface area contributed by atoms with E-state index in [1.165, 1.54) is 9.80 Å². The van der Waals surface area contributed by atoms with Crippen LogP contribution in [0.25, 0.3) is 0 Å². The molecule has 1 aliphatic rings. The number of amides is 3. The largest absolute Gasteiger partial charge is 0.328 e. The van der Waals surface area contributed by atoms with Gasteiger partial charge < -0.3 is 4.90 Å². The molecule has 0 saturated carbocycles. The number of thiol groups is 1. The van der Waals surface area contributed by atoms with E-state index < -0.39 is 4.87 Å². The minimum Gasteiger partial charge on any atom is -0.304 e. The van der Waals surface area contributed by atoms with E-state index in [1.54, 1.807) is 14.0 Å². The highest BCUT2D eigenvalue weighted by atomic mass is 32.1. The van der Waals surface area contributed by atoms with Crippen molar-refractivity contribution in [1.29, 1.82) is 0 Å². The number of carbonyl (C=O) groups excluding carboxylic acids is 2. The molecule has 4 nitrogen and oxygen atoms in total. The van der Waals surface area contributed by atoms with Crippen LogP contribution in [0, 0.1) is 0 Å². The summed E-state index contributed by atoms with van der Waals surface area (Å²) in [6.07, 6.45) is 1.80. The van der Waals surface area contributed by atoms with E-state index in [0.29, 0.717) is 6.54 Å². The summed E-state index contributed by atoms with van der Waals surface area (Å²) < 4.78 is 0. The minimum absolute atomic E-state index is 0.221. The van der Waals surface area contributed by atoms with Crippen molar-refractivity contribution in [2.24, 2.45) is 0 Å². The van der Waals surface area contributed by atoms with Gasteiger partial charge in [-0.2, -0.15) is 0 Å². The topological polar surface area (TPSA) is 40.6 Å². The van der Waals surface area contributed by atoms with Gasteiger partial charge in [-0.05, 0) is 13.3 Å². The molecule has 0 aromatic rings. The van der Waals surface area contributed by atoms with Gasteiger partial charge in [-0.3, -0.25) is 9.69 Å². The van der Waals surface area contributed by atoms with Crippen LogP contribution in [0.5, 0.6) is 0 Å². The maximum atomic E-state index is 11.7. The highest BCUT2D eigenvalue weighted by Gasteiger charge is 2.49. The van der Waals surface area contributed by atoms with Crippen LogP contribution < -0.4 is 0 Å². The van der Waals surface area contributed by atoms with Gasteiger partial charge in [0.1, 0.15) is 0 Å². The maximum Gasteiger partial charge on any atom is 0.328 e. The molecule has 1 fully saturated rings. The van der Waals surface area contributed by atoms with Gasteiger partial charge in [-0.1, -0.05) is 13.3 Å². The summed E-state index contributed by atoms with van der Waals surface area (Å²) in [5.74, 6) is -0.221. The van der Waals surface area contributed by atoms with Crippen molar-refractivity contribution in [1.82, 2.24) is 9.80 Å². The van der Waals surface area contributed by atoms with Crippen molar-refractivity contribution in [2.45, 2.75) is 31.6 Å². The monoisotopic (exact) mass is 216 g/mol. The lowest BCUT2D eigenvalue weighted by Crippen LogP contribution is -2.39. The number of hydrogen-bond donors (Lipinski definition) is 1. The Hall–Kier alpha value is -0.710. The molecule has 1 rings (SSSR count). The molecule has 0 spiro atoms. The van der Waals surface area contributed by atoms with Gasteiger partial charge in [0, 0.05) is 13.6 Å². The fourth-order valence-electron chi connectivity index (χ4n) is 1.37. The highest BCUT2D eigenvalue weighted by Crippen LogP contribution is 2.29. The van der Waals surface area contributed by atoms with Gasteiger partial charge in [-0.15, -0.1) is 12.6 Å². The number of likely N-dealkylation sites (N-methyl/N-ethyl adjacent to an activating group) is 1. The summed E-state index contributed by atoms with van der Waals surface area (Å²) >= 11 is 4.19. The number of nitrogens with zero attached hydrogens (tertiary/aromatic N) is 2. The Morgan fingerprint density at radius 3 is 2.36 bits per heavy atom. The summed E-state index contributed by atoms with van der Waals surface area (Å²) in [7, 11) is 1.60. The first-order valence-electron chi connectivity index (χ1n) is 4.75. The molecule has 1 saturated heterocycles. The van der Waals surface area contributed by atoms with Crippen LogP contribution in [0.15, 0.2) is 0 Å². The lowest BCUT2D eigenvalue weighted by Gasteiger charge is -2.21. The molecule has 1 aliphatic heterocycles. The molecule has 3 amide bonds. The van der Waals surface area contributed by atoms with E-state index in [4.69, 9.17) is 0 Å². The van der Waals surface area contributed by atoms with Crippen molar-refractivity contribution < 1.29 is 9.59 Å². The Labute approximate surface area is 89.7 Å². The van der Waals surface area contributed by atoms with Crippen LogP contribution in [0.3, 0.4) is 0 Å². The van der Waals surface area contributed by atoms with Crippen molar-refractivity contribution in [3.8, 4) is 0 Å². The summed E-state index contributed by atoms with van der Waals surface area (Å²) in [6.45, 7) is 4.16. The van der Waals surface area contributed by atoms with Crippen LogP contribution in [0.1, 0.15) is 26.7 Å². The van der Waals surface area contributed by atoms with Crippen LogP contribution >= 0.6 is 12.6 Å². The average Bonchev–Trinajstić information content (AvgIpc) is 2.28. The summed E-state index contributed by atoms with van der Waals surface area (Å²) in [6, 6.07) is -0.249. The maximum absolute atomic E-state index is 11.7. The third-order valence-corrected chi connectivity index (χ3v) is 3.05. The smallest absolute Gasteiger partial charge is 0.304 e. The molecule has 1 heterocycles. The molecule has 0 aromatic heterocycles. The van der Waals surface area contributed by atoms with Crippen LogP contribution in [0.4, 0.5) is 4.79 Å². The Bertz CT molecular complexity index is 266. The normalized spacial score (nSPS) is 27.7. The van der Waals surface area contributed by atoms with Crippen molar-refractivity contribution >= 4 is 24.6 Å². The number of rotatable bonds is 3. The van der Waals surface area contributed by atoms with Gasteiger partial charge in [-0.25, -0.2) is 4.79 Å². The van der Waals surface area contributed by atoms with E-state index >= 15 is 0 Å². The van der Waals surface area contributed by atoms with E-state index in [1.807, 2.05) is 6.92 Å². The number of carbonyl (C=O) groups is 2. The second-order valence-corrected chi connectivity index (χ2v) is 4.54. The molecular weight excluding hydrogens is 200 g/mol. The van der Waals surface area contributed by atoms with Gasteiger partial charge in [0.15, 0.2) is 4.87 Å². The summed E-state index contributed by atoms with van der Waals surface area (Å²) in [5.41, 5.74) is 0. The van der Waals surface area contributed by atoms with Crippen LogP contribution in [-0.2, 0) is 4.79 Å². The average molecular weight is 216 g/mol. The van der Waals surface area contributed by atoms with E-state index in [9.17, 15) is 9.59 Å². The summed E-state index contributed by atoms with van der Waals surface area (Å²) in [5, 5.41) is 0. The Morgan fingerprint density at radius 2 is 2.00 bits per heavy atom. The van der Waals surface area contributed by atoms with Gasteiger partial charge in [0.2, 0.25) is 0 Å². The van der Waals surface area contributed by atoms with E-state index in [-0.39, 0.29) is 11.9 Å². The van der Waals surface area contributed by atoms with E-state index in [0.717, 1.165) is 12.8 Å². The standard InChI is InChI=1S/C9H16N2O2S/c1-4-5-6-11-7(12)9(2,14)10(3)8(11)13/h14H,4-6H2,1-3H3. The predicted octanol–water partition coefficient (Wildman–Crippen LogP) is 1.33. The van der Waals surface area contributed by atoms with Gasteiger partial charge in [0.25, 0.3) is 5.91 Å². The third kappa shape index (κ3) is 1.61.